The Hall–Kier alpha value is -0.0500. The minimum atomic E-state index is 0.413. The minimum Gasteiger partial charge on any atom is -0.0577 e. The van der Waals surface area contributed by atoms with Crippen molar-refractivity contribution in [1.82, 2.24) is 0 Å². The SMILES string of the molecule is CC1(C)CCc2ccc(I)cc21. The molecule has 12 heavy (non-hydrogen) atoms. The summed E-state index contributed by atoms with van der Waals surface area (Å²) >= 11 is 2.39. The minimum absolute atomic E-state index is 0.413. The standard InChI is InChI=1S/C11H13I/c1-11(2)6-5-8-3-4-9(12)7-10(8)11/h3-4,7H,5-6H2,1-2H3. The zero-order valence-electron chi connectivity index (χ0n) is 7.52. The third-order valence-corrected chi connectivity index (χ3v) is 3.49. The fourth-order valence-electron chi connectivity index (χ4n) is 1.98. The van der Waals surface area contributed by atoms with Crippen LogP contribution in [0.3, 0.4) is 0 Å². The molecule has 0 saturated carbocycles. The third kappa shape index (κ3) is 1.28. The van der Waals surface area contributed by atoms with Gasteiger partial charge in [-0.3, -0.25) is 0 Å². The van der Waals surface area contributed by atoms with Gasteiger partial charge in [0.15, 0.2) is 0 Å². The van der Waals surface area contributed by atoms with Gasteiger partial charge in [0, 0.05) is 3.57 Å². The fourth-order valence-corrected chi connectivity index (χ4v) is 2.47. The molecular weight excluding hydrogens is 259 g/mol. The van der Waals surface area contributed by atoms with Crippen LogP contribution in [0, 0.1) is 3.57 Å². The van der Waals surface area contributed by atoms with Gasteiger partial charge in [-0.1, -0.05) is 19.9 Å². The van der Waals surface area contributed by atoms with Crippen molar-refractivity contribution in [2.45, 2.75) is 32.1 Å². The summed E-state index contributed by atoms with van der Waals surface area (Å²) in [6, 6.07) is 6.83. The molecule has 0 heterocycles. The summed E-state index contributed by atoms with van der Waals surface area (Å²) in [5.74, 6) is 0. The normalized spacial score (nSPS) is 19.2. The lowest BCUT2D eigenvalue weighted by Gasteiger charge is -2.18. The predicted molar refractivity (Wildman–Crippen MR) is 60.5 cm³/mol. The second-order valence-corrected chi connectivity index (χ2v) is 5.43. The molecule has 0 radical (unpaired) electrons. The van der Waals surface area contributed by atoms with E-state index in [-0.39, 0.29) is 0 Å². The van der Waals surface area contributed by atoms with Gasteiger partial charge in [-0.05, 0) is 64.1 Å². The van der Waals surface area contributed by atoms with Crippen LogP contribution < -0.4 is 0 Å². The Bertz CT molecular complexity index is 313. The maximum absolute atomic E-state index is 2.39. The summed E-state index contributed by atoms with van der Waals surface area (Å²) in [7, 11) is 0. The number of aryl methyl sites for hydroxylation is 1. The first-order valence-corrected chi connectivity index (χ1v) is 5.46. The van der Waals surface area contributed by atoms with Crippen LogP contribution in [0.2, 0.25) is 0 Å². The highest BCUT2D eigenvalue weighted by molar-refractivity contribution is 14.1. The average molecular weight is 272 g/mol. The first kappa shape index (κ1) is 8.54. The summed E-state index contributed by atoms with van der Waals surface area (Å²) in [5.41, 5.74) is 3.53. The van der Waals surface area contributed by atoms with Gasteiger partial charge in [-0.25, -0.2) is 0 Å². The van der Waals surface area contributed by atoms with Crippen molar-refractivity contribution >= 4 is 22.6 Å². The van der Waals surface area contributed by atoms with Crippen molar-refractivity contribution in [3.63, 3.8) is 0 Å². The zero-order chi connectivity index (χ0) is 8.77. The third-order valence-electron chi connectivity index (χ3n) is 2.82. The number of rotatable bonds is 0. The summed E-state index contributed by atoms with van der Waals surface area (Å²) < 4.78 is 1.36. The highest BCUT2D eigenvalue weighted by Crippen LogP contribution is 2.38. The van der Waals surface area contributed by atoms with Crippen molar-refractivity contribution in [1.29, 1.82) is 0 Å². The Morgan fingerprint density at radius 2 is 2.08 bits per heavy atom. The van der Waals surface area contributed by atoms with Crippen LogP contribution in [-0.2, 0) is 11.8 Å². The van der Waals surface area contributed by atoms with Crippen LogP contribution in [0.1, 0.15) is 31.4 Å². The van der Waals surface area contributed by atoms with Crippen molar-refractivity contribution in [2.24, 2.45) is 0 Å². The molecule has 0 bridgehead atoms. The van der Waals surface area contributed by atoms with Crippen molar-refractivity contribution in [3.8, 4) is 0 Å². The highest BCUT2D eigenvalue weighted by Gasteiger charge is 2.29. The van der Waals surface area contributed by atoms with Crippen LogP contribution in [0.4, 0.5) is 0 Å². The maximum atomic E-state index is 2.39. The van der Waals surface area contributed by atoms with Gasteiger partial charge in [0.05, 0.1) is 0 Å². The lowest BCUT2D eigenvalue weighted by molar-refractivity contribution is 0.522. The van der Waals surface area contributed by atoms with Gasteiger partial charge in [0.1, 0.15) is 0 Å². The van der Waals surface area contributed by atoms with E-state index >= 15 is 0 Å². The molecule has 0 fully saturated rings. The van der Waals surface area contributed by atoms with E-state index in [4.69, 9.17) is 0 Å². The molecule has 0 N–H and O–H groups in total. The van der Waals surface area contributed by atoms with Crippen LogP contribution >= 0.6 is 22.6 Å². The van der Waals surface area contributed by atoms with E-state index in [0.29, 0.717) is 5.41 Å². The Kier molecular flexibility index (Phi) is 1.94. The second-order valence-electron chi connectivity index (χ2n) is 4.19. The summed E-state index contributed by atoms with van der Waals surface area (Å²) in [5, 5.41) is 0. The summed E-state index contributed by atoms with van der Waals surface area (Å²) in [4.78, 5) is 0. The molecule has 64 valence electrons. The van der Waals surface area contributed by atoms with E-state index in [1.807, 2.05) is 0 Å². The zero-order valence-corrected chi connectivity index (χ0v) is 9.68. The van der Waals surface area contributed by atoms with Gasteiger partial charge in [0.2, 0.25) is 0 Å². The van der Waals surface area contributed by atoms with Crippen LogP contribution in [-0.4, -0.2) is 0 Å². The molecule has 1 heteroatoms. The predicted octanol–water partition coefficient (Wildman–Crippen LogP) is 3.52. The van der Waals surface area contributed by atoms with Gasteiger partial charge in [0.25, 0.3) is 0 Å². The van der Waals surface area contributed by atoms with Gasteiger partial charge >= 0.3 is 0 Å². The molecule has 0 nitrogen and oxygen atoms in total. The fraction of sp³-hybridized carbons (Fsp3) is 0.455. The van der Waals surface area contributed by atoms with E-state index in [1.165, 1.54) is 16.4 Å². The molecule has 0 atom stereocenters. The van der Waals surface area contributed by atoms with E-state index in [1.54, 1.807) is 11.1 Å². The molecule has 0 aliphatic heterocycles. The largest absolute Gasteiger partial charge is 0.0577 e. The van der Waals surface area contributed by atoms with Crippen LogP contribution in [0.5, 0.6) is 0 Å². The molecule has 0 saturated heterocycles. The van der Waals surface area contributed by atoms with Crippen LogP contribution in [0.25, 0.3) is 0 Å². The maximum Gasteiger partial charge on any atom is 0.0133 e. The monoisotopic (exact) mass is 272 g/mol. The Morgan fingerprint density at radius 3 is 2.83 bits per heavy atom. The molecule has 0 aromatic heterocycles. The Balaban J connectivity index is 2.57. The molecule has 2 rings (SSSR count). The van der Waals surface area contributed by atoms with E-state index in [9.17, 15) is 0 Å². The van der Waals surface area contributed by atoms with Crippen LogP contribution in [0.15, 0.2) is 18.2 Å². The molecule has 1 aromatic rings. The average Bonchev–Trinajstić information content (AvgIpc) is 2.28. The molecule has 0 spiro atoms. The Morgan fingerprint density at radius 1 is 1.33 bits per heavy atom. The molecule has 1 aliphatic carbocycles. The van der Waals surface area contributed by atoms with Crippen molar-refractivity contribution in [3.05, 3.63) is 32.9 Å². The summed E-state index contributed by atoms with van der Waals surface area (Å²) in [6.45, 7) is 4.68. The molecular formula is C11H13I. The number of halogens is 1. The van der Waals surface area contributed by atoms with Crippen molar-refractivity contribution < 1.29 is 0 Å². The Labute approximate surface area is 87.5 Å². The number of fused-ring (bicyclic) bond motifs is 1. The quantitative estimate of drug-likeness (QED) is 0.634. The molecule has 1 aromatic carbocycles. The lowest BCUT2D eigenvalue weighted by Crippen LogP contribution is -2.11. The molecule has 1 aliphatic rings. The topological polar surface area (TPSA) is 0 Å². The summed E-state index contributed by atoms with van der Waals surface area (Å²) in [6.07, 6.45) is 2.57. The highest BCUT2D eigenvalue weighted by atomic mass is 127. The first-order valence-electron chi connectivity index (χ1n) is 4.38. The number of hydrogen-bond acceptors (Lipinski definition) is 0. The van der Waals surface area contributed by atoms with E-state index in [2.05, 4.69) is 54.6 Å². The van der Waals surface area contributed by atoms with E-state index < -0.39 is 0 Å². The number of benzene rings is 1. The lowest BCUT2D eigenvalue weighted by atomic mass is 9.87. The van der Waals surface area contributed by atoms with Crippen molar-refractivity contribution in [2.75, 3.05) is 0 Å². The van der Waals surface area contributed by atoms with E-state index in [0.717, 1.165) is 0 Å². The smallest absolute Gasteiger partial charge is 0.0133 e. The number of hydrogen-bond donors (Lipinski definition) is 0. The van der Waals surface area contributed by atoms with Gasteiger partial charge in [-0.2, -0.15) is 0 Å². The first-order chi connectivity index (χ1) is 5.59. The molecule has 0 amide bonds. The van der Waals surface area contributed by atoms with Gasteiger partial charge < -0.3 is 0 Å². The second kappa shape index (κ2) is 2.72. The van der Waals surface area contributed by atoms with Gasteiger partial charge in [-0.15, -0.1) is 0 Å². The molecule has 0 unspecified atom stereocenters.